The first-order chi connectivity index (χ1) is 17.0. The molecule has 36 heavy (non-hydrogen) atoms. The molecular formula is C26H32ClN3O5S. The minimum atomic E-state index is -0.257. The minimum Gasteiger partial charge on any atom is -0.495 e. The average molecular weight is 534 g/mol. The zero-order valence-corrected chi connectivity index (χ0v) is 22.8. The number of rotatable bonds is 11. The molecule has 0 aliphatic carbocycles. The highest BCUT2D eigenvalue weighted by atomic mass is 35.5. The summed E-state index contributed by atoms with van der Waals surface area (Å²) in [4.78, 5) is 22.6. The van der Waals surface area contributed by atoms with E-state index in [2.05, 4.69) is 18.7 Å². The number of fused-ring (bicyclic) bond motifs is 2. The number of hydrogen-bond donors (Lipinski definition) is 0. The summed E-state index contributed by atoms with van der Waals surface area (Å²) in [7, 11) is 3.22. The lowest BCUT2D eigenvalue weighted by atomic mass is 10.2. The van der Waals surface area contributed by atoms with E-state index in [4.69, 9.17) is 23.6 Å². The SMILES string of the molecule is CCOc1cccc2cc(C(=O)N(CCN(CC)CC)c3nc4c(OC)ccc(OC)c4s3)oc12.Cl. The lowest BCUT2D eigenvalue weighted by Crippen LogP contribution is -2.38. The van der Waals surface area contributed by atoms with Crippen molar-refractivity contribution in [3.8, 4) is 17.2 Å². The van der Waals surface area contributed by atoms with Gasteiger partial charge in [-0.3, -0.25) is 9.69 Å². The van der Waals surface area contributed by atoms with Crippen LogP contribution in [0, 0.1) is 0 Å². The fourth-order valence-corrected chi connectivity index (χ4v) is 5.10. The summed E-state index contributed by atoms with van der Waals surface area (Å²) >= 11 is 1.40. The third-order valence-corrected chi connectivity index (χ3v) is 7.02. The summed E-state index contributed by atoms with van der Waals surface area (Å²) in [6.45, 7) is 9.58. The smallest absolute Gasteiger partial charge is 0.295 e. The number of ether oxygens (including phenoxy) is 3. The second-order valence-corrected chi connectivity index (χ2v) is 8.82. The Kier molecular flexibility index (Phi) is 9.42. The van der Waals surface area contributed by atoms with Crippen LogP contribution in [0.1, 0.15) is 31.3 Å². The summed E-state index contributed by atoms with van der Waals surface area (Å²) in [6, 6.07) is 11.1. The molecule has 0 spiro atoms. The van der Waals surface area contributed by atoms with Gasteiger partial charge in [0.2, 0.25) is 0 Å². The number of carbonyl (C=O) groups excluding carboxylic acids is 1. The number of benzene rings is 2. The van der Waals surface area contributed by atoms with Crippen molar-refractivity contribution in [2.24, 2.45) is 0 Å². The predicted molar refractivity (Wildman–Crippen MR) is 147 cm³/mol. The molecule has 10 heteroatoms. The van der Waals surface area contributed by atoms with Crippen LogP contribution in [0.4, 0.5) is 5.13 Å². The van der Waals surface area contributed by atoms with Crippen molar-refractivity contribution in [1.82, 2.24) is 9.88 Å². The molecule has 4 rings (SSSR count). The minimum absolute atomic E-state index is 0. The van der Waals surface area contributed by atoms with E-state index in [-0.39, 0.29) is 24.1 Å². The number of aromatic nitrogens is 1. The molecule has 0 aliphatic rings. The van der Waals surface area contributed by atoms with Crippen LogP contribution >= 0.6 is 23.7 Å². The van der Waals surface area contributed by atoms with Crippen molar-refractivity contribution >= 4 is 56.0 Å². The number of para-hydroxylation sites is 1. The summed E-state index contributed by atoms with van der Waals surface area (Å²) in [5.74, 6) is 1.92. The van der Waals surface area contributed by atoms with E-state index in [0.717, 1.165) is 23.2 Å². The van der Waals surface area contributed by atoms with Gasteiger partial charge < -0.3 is 23.5 Å². The molecule has 0 saturated heterocycles. The summed E-state index contributed by atoms with van der Waals surface area (Å²) < 4.78 is 23.6. The Bertz CT molecular complexity index is 1280. The van der Waals surface area contributed by atoms with E-state index >= 15 is 0 Å². The maximum absolute atomic E-state index is 13.8. The number of likely N-dealkylation sites (N-methyl/N-ethyl adjacent to an activating group) is 1. The standard InChI is InChI=1S/C26H31N3O5S.ClH/c1-6-28(7-2)14-15-29(26-27-22-18(31-4)12-13-20(32-5)24(22)35-26)25(30)21-16-17-10-9-11-19(33-8-3)23(17)34-21;/h9-13,16H,6-8,14-15H2,1-5H3;1H. The van der Waals surface area contributed by atoms with Crippen LogP contribution in [0.2, 0.25) is 0 Å². The van der Waals surface area contributed by atoms with Gasteiger partial charge in [0.05, 0.1) is 20.8 Å². The predicted octanol–water partition coefficient (Wildman–Crippen LogP) is 5.87. The van der Waals surface area contributed by atoms with Crippen LogP contribution in [-0.2, 0) is 0 Å². The lowest BCUT2D eigenvalue weighted by Gasteiger charge is -2.24. The van der Waals surface area contributed by atoms with E-state index in [0.29, 0.717) is 53.2 Å². The van der Waals surface area contributed by atoms with Gasteiger partial charge in [-0.05, 0) is 44.3 Å². The van der Waals surface area contributed by atoms with Gasteiger partial charge in [-0.1, -0.05) is 37.3 Å². The first kappa shape index (κ1) is 27.6. The Hall–Kier alpha value is -3.01. The van der Waals surface area contributed by atoms with Crippen LogP contribution < -0.4 is 19.1 Å². The van der Waals surface area contributed by atoms with Crippen molar-refractivity contribution in [1.29, 1.82) is 0 Å². The van der Waals surface area contributed by atoms with Crippen molar-refractivity contribution in [2.75, 3.05) is 51.9 Å². The number of halogens is 1. The summed E-state index contributed by atoms with van der Waals surface area (Å²) in [5.41, 5.74) is 1.23. The van der Waals surface area contributed by atoms with Crippen LogP contribution in [0.3, 0.4) is 0 Å². The molecule has 0 aliphatic heterocycles. The number of methoxy groups -OCH3 is 2. The van der Waals surface area contributed by atoms with E-state index in [9.17, 15) is 4.79 Å². The van der Waals surface area contributed by atoms with Crippen molar-refractivity contribution in [3.63, 3.8) is 0 Å². The molecule has 2 aromatic carbocycles. The summed E-state index contributed by atoms with van der Waals surface area (Å²) in [5, 5.41) is 1.38. The highest BCUT2D eigenvalue weighted by molar-refractivity contribution is 7.22. The fourth-order valence-electron chi connectivity index (χ4n) is 4.00. The van der Waals surface area contributed by atoms with Crippen LogP contribution in [0.5, 0.6) is 17.2 Å². The van der Waals surface area contributed by atoms with Gasteiger partial charge in [-0.2, -0.15) is 0 Å². The summed E-state index contributed by atoms with van der Waals surface area (Å²) in [6.07, 6.45) is 0. The van der Waals surface area contributed by atoms with Gasteiger partial charge in [-0.25, -0.2) is 4.98 Å². The van der Waals surface area contributed by atoms with Crippen molar-refractivity contribution in [2.45, 2.75) is 20.8 Å². The largest absolute Gasteiger partial charge is 0.495 e. The number of anilines is 1. The number of furan rings is 1. The first-order valence-corrected chi connectivity index (χ1v) is 12.6. The average Bonchev–Trinajstić information content (AvgIpc) is 3.51. The molecule has 0 fully saturated rings. The van der Waals surface area contributed by atoms with Crippen molar-refractivity contribution < 1.29 is 23.4 Å². The highest BCUT2D eigenvalue weighted by Crippen LogP contribution is 2.40. The molecule has 0 bridgehead atoms. The van der Waals surface area contributed by atoms with Gasteiger partial charge in [0.15, 0.2) is 22.2 Å². The Morgan fingerprint density at radius 3 is 2.39 bits per heavy atom. The molecule has 8 nitrogen and oxygen atoms in total. The van der Waals surface area contributed by atoms with Gasteiger partial charge >= 0.3 is 0 Å². The van der Waals surface area contributed by atoms with E-state index in [1.807, 2.05) is 37.3 Å². The molecule has 2 heterocycles. The monoisotopic (exact) mass is 533 g/mol. The van der Waals surface area contributed by atoms with Gasteiger partial charge in [0.25, 0.3) is 5.91 Å². The van der Waals surface area contributed by atoms with Gasteiger partial charge in [-0.15, -0.1) is 12.4 Å². The van der Waals surface area contributed by atoms with Gasteiger partial charge in [0.1, 0.15) is 21.7 Å². The molecule has 2 aromatic heterocycles. The lowest BCUT2D eigenvalue weighted by molar-refractivity contribution is 0.0959. The number of amides is 1. The van der Waals surface area contributed by atoms with E-state index < -0.39 is 0 Å². The highest BCUT2D eigenvalue weighted by Gasteiger charge is 2.27. The third-order valence-electron chi connectivity index (χ3n) is 5.93. The third kappa shape index (κ3) is 5.38. The Morgan fingerprint density at radius 2 is 1.72 bits per heavy atom. The van der Waals surface area contributed by atoms with Crippen LogP contribution in [0.15, 0.2) is 40.8 Å². The fraction of sp³-hybridized carbons (Fsp3) is 0.385. The molecule has 0 unspecified atom stereocenters. The second-order valence-electron chi connectivity index (χ2n) is 7.85. The molecule has 194 valence electrons. The quantitative estimate of drug-likeness (QED) is 0.238. The molecule has 0 saturated carbocycles. The molecule has 0 radical (unpaired) electrons. The number of nitrogens with zero attached hydrogens (tertiary/aromatic N) is 3. The number of hydrogen-bond acceptors (Lipinski definition) is 8. The van der Waals surface area contributed by atoms with E-state index in [1.54, 1.807) is 25.2 Å². The zero-order chi connectivity index (χ0) is 24.9. The molecule has 1 amide bonds. The molecular weight excluding hydrogens is 502 g/mol. The Morgan fingerprint density at radius 1 is 1.00 bits per heavy atom. The number of carbonyl (C=O) groups is 1. The van der Waals surface area contributed by atoms with Crippen LogP contribution in [-0.4, -0.2) is 62.8 Å². The Labute approximate surface area is 221 Å². The molecule has 0 N–H and O–H groups in total. The van der Waals surface area contributed by atoms with Crippen LogP contribution in [0.25, 0.3) is 21.2 Å². The van der Waals surface area contributed by atoms with E-state index in [1.165, 1.54) is 11.3 Å². The second kappa shape index (κ2) is 12.3. The maximum atomic E-state index is 13.8. The zero-order valence-electron chi connectivity index (χ0n) is 21.2. The number of thiazole rings is 1. The Balaban J connectivity index is 0.00000361. The van der Waals surface area contributed by atoms with Crippen molar-refractivity contribution in [3.05, 3.63) is 42.2 Å². The topological polar surface area (TPSA) is 77.3 Å². The first-order valence-electron chi connectivity index (χ1n) is 11.8. The normalized spacial score (nSPS) is 11.1. The molecule has 4 aromatic rings. The van der Waals surface area contributed by atoms with Gasteiger partial charge in [0, 0.05) is 18.5 Å². The maximum Gasteiger partial charge on any atom is 0.295 e. The molecule has 0 atom stereocenters.